The Labute approximate surface area is 131 Å². The van der Waals surface area contributed by atoms with Crippen molar-refractivity contribution in [2.75, 3.05) is 19.8 Å². The summed E-state index contributed by atoms with van der Waals surface area (Å²) in [4.78, 5) is 6.48. The molecule has 4 nitrogen and oxygen atoms in total. The topological polar surface area (TPSA) is 45.6 Å². The van der Waals surface area contributed by atoms with Crippen LogP contribution in [0.25, 0.3) is 0 Å². The van der Waals surface area contributed by atoms with Gasteiger partial charge in [-0.2, -0.15) is 0 Å². The smallest absolute Gasteiger partial charge is 0.0706 e. The minimum Gasteiger partial charge on any atom is -0.390 e. The van der Waals surface area contributed by atoms with E-state index in [1.54, 1.807) is 12.4 Å². The first-order chi connectivity index (χ1) is 10.1. The van der Waals surface area contributed by atoms with Gasteiger partial charge in [0.05, 0.1) is 17.2 Å². The van der Waals surface area contributed by atoms with Gasteiger partial charge in [-0.3, -0.25) is 9.88 Å². The van der Waals surface area contributed by atoms with Gasteiger partial charge in [0.2, 0.25) is 0 Å². The third kappa shape index (κ3) is 3.24. The van der Waals surface area contributed by atoms with Gasteiger partial charge < -0.3 is 9.84 Å². The first-order valence-corrected chi connectivity index (χ1v) is 8.08. The fourth-order valence-corrected chi connectivity index (χ4v) is 3.81. The standard InChI is InChI=1S/C16H23ClN2O2/c1-16(20)5-8-21-11-13(16)15-3-2-7-19(15)10-12-4-6-18-9-14(12)17/h4,6,9,13,15,20H,2-3,5,7-8,10-11H2,1H3/t13-,15-,16-/m0/s1. The molecule has 2 aliphatic heterocycles. The van der Waals surface area contributed by atoms with Crippen molar-refractivity contribution >= 4 is 11.6 Å². The van der Waals surface area contributed by atoms with Crippen LogP contribution in [0, 0.1) is 5.92 Å². The molecule has 2 saturated heterocycles. The summed E-state index contributed by atoms with van der Waals surface area (Å²) in [6, 6.07) is 2.34. The molecule has 2 aliphatic rings. The van der Waals surface area contributed by atoms with Gasteiger partial charge in [0.15, 0.2) is 0 Å². The Morgan fingerprint density at radius 1 is 1.57 bits per heavy atom. The van der Waals surface area contributed by atoms with E-state index < -0.39 is 5.60 Å². The summed E-state index contributed by atoms with van der Waals surface area (Å²) >= 11 is 6.23. The highest BCUT2D eigenvalue weighted by molar-refractivity contribution is 6.31. The van der Waals surface area contributed by atoms with Crippen molar-refractivity contribution in [3.63, 3.8) is 0 Å². The number of aliphatic hydroxyl groups is 1. The van der Waals surface area contributed by atoms with Crippen LogP contribution in [-0.2, 0) is 11.3 Å². The van der Waals surface area contributed by atoms with Crippen LogP contribution in [0.2, 0.25) is 5.02 Å². The average molecular weight is 311 g/mol. The number of aromatic nitrogens is 1. The molecule has 116 valence electrons. The maximum atomic E-state index is 10.7. The Balaban J connectivity index is 1.75. The number of likely N-dealkylation sites (tertiary alicyclic amines) is 1. The third-order valence-corrected chi connectivity index (χ3v) is 5.30. The summed E-state index contributed by atoms with van der Waals surface area (Å²) in [7, 11) is 0. The van der Waals surface area contributed by atoms with Crippen molar-refractivity contribution in [3.05, 3.63) is 29.0 Å². The number of pyridine rings is 1. The monoisotopic (exact) mass is 310 g/mol. The minimum atomic E-state index is -0.631. The zero-order valence-corrected chi connectivity index (χ0v) is 13.2. The molecule has 5 heteroatoms. The Morgan fingerprint density at radius 3 is 3.19 bits per heavy atom. The second-order valence-electron chi connectivity index (χ2n) is 6.44. The molecule has 0 spiro atoms. The fourth-order valence-electron chi connectivity index (χ4n) is 3.63. The molecule has 1 aromatic rings. The Morgan fingerprint density at radius 2 is 2.43 bits per heavy atom. The van der Waals surface area contributed by atoms with Crippen LogP contribution >= 0.6 is 11.6 Å². The van der Waals surface area contributed by atoms with Crippen LogP contribution in [0.4, 0.5) is 0 Å². The van der Waals surface area contributed by atoms with Gasteiger partial charge in [0.1, 0.15) is 0 Å². The van der Waals surface area contributed by atoms with Gasteiger partial charge in [-0.05, 0) is 44.4 Å². The van der Waals surface area contributed by atoms with E-state index in [0.29, 0.717) is 19.3 Å². The summed E-state index contributed by atoms with van der Waals surface area (Å²) in [5.74, 6) is 0.175. The van der Waals surface area contributed by atoms with Gasteiger partial charge in [-0.1, -0.05) is 11.6 Å². The molecule has 1 aromatic heterocycles. The van der Waals surface area contributed by atoms with Crippen molar-refractivity contribution in [1.29, 1.82) is 0 Å². The van der Waals surface area contributed by atoms with E-state index in [0.717, 1.165) is 36.5 Å². The van der Waals surface area contributed by atoms with E-state index in [1.165, 1.54) is 6.42 Å². The van der Waals surface area contributed by atoms with E-state index in [-0.39, 0.29) is 5.92 Å². The Hall–Kier alpha value is -0.680. The number of hydrogen-bond acceptors (Lipinski definition) is 4. The highest BCUT2D eigenvalue weighted by atomic mass is 35.5. The molecule has 0 amide bonds. The Bertz CT molecular complexity index is 495. The molecule has 0 aromatic carbocycles. The summed E-state index contributed by atoms with van der Waals surface area (Å²) in [6.45, 7) is 5.13. The summed E-state index contributed by atoms with van der Waals surface area (Å²) in [5, 5.41) is 11.4. The van der Waals surface area contributed by atoms with Crippen LogP contribution in [0.1, 0.15) is 31.7 Å². The molecular formula is C16H23ClN2O2. The number of hydrogen-bond donors (Lipinski definition) is 1. The molecule has 21 heavy (non-hydrogen) atoms. The number of halogens is 1. The molecule has 0 unspecified atom stereocenters. The van der Waals surface area contributed by atoms with E-state index in [1.807, 2.05) is 13.0 Å². The highest BCUT2D eigenvalue weighted by Crippen LogP contribution is 2.36. The minimum absolute atomic E-state index is 0.175. The first kappa shape index (κ1) is 15.2. The van der Waals surface area contributed by atoms with Crippen molar-refractivity contribution in [2.24, 2.45) is 5.92 Å². The SMILES string of the molecule is C[C@]1(O)CCOC[C@H]1[C@@H]1CCCN1Cc1ccncc1Cl. The molecule has 3 heterocycles. The normalized spacial score (nSPS) is 34.2. The van der Waals surface area contributed by atoms with Crippen LogP contribution in [-0.4, -0.2) is 46.4 Å². The van der Waals surface area contributed by atoms with E-state index in [4.69, 9.17) is 16.3 Å². The van der Waals surface area contributed by atoms with E-state index >= 15 is 0 Å². The number of ether oxygens (including phenoxy) is 1. The summed E-state index contributed by atoms with van der Waals surface area (Å²) < 4.78 is 5.63. The molecule has 0 bridgehead atoms. The van der Waals surface area contributed by atoms with Crippen LogP contribution in [0.3, 0.4) is 0 Å². The van der Waals surface area contributed by atoms with Gasteiger partial charge in [-0.25, -0.2) is 0 Å². The zero-order valence-electron chi connectivity index (χ0n) is 12.5. The maximum Gasteiger partial charge on any atom is 0.0706 e. The lowest BCUT2D eigenvalue weighted by Gasteiger charge is -2.43. The lowest BCUT2D eigenvalue weighted by atomic mass is 9.79. The summed E-state index contributed by atoms with van der Waals surface area (Å²) in [6.07, 6.45) is 6.48. The second-order valence-corrected chi connectivity index (χ2v) is 6.84. The predicted octanol–water partition coefficient (Wildman–Crippen LogP) is 2.49. The van der Waals surface area contributed by atoms with E-state index in [2.05, 4.69) is 9.88 Å². The molecule has 0 radical (unpaired) electrons. The molecule has 0 saturated carbocycles. The molecular weight excluding hydrogens is 288 g/mol. The third-order valence-electron chi connectivity index (χ3n) is 4.96. The van der Waals surface area contributed by atoms with Crippen LogP contribution in [0.15, 0.2) is 18.5 Å². The lowest BCUT2D eigenvalue weighted by molar-refractivity contribution is -0.123. The van der Waals surface area contributed by atoms with E-state index in [9.17, 15) is 5.11 Å². The zero-order chi connectivity index (χ0) is 14.9. The molecule has 1 N–H and O–H groups in total. The lowest BCUT2D eigenvalue weighted by Crippen LogP contribution is -2.52. The van der Waals surface area contributed by atoms with Gasteiger partial charge in [0, 0.05) is 37.5 Å². The largest absolute Gasteiger partial charge is 0.390 e. The van der Waals surface area contributed by atoms with Gasteiger partial charge >= 0.3 is 0 Å². The van der Waals surface area contributed by atoms with Crippen molar-refractivity contribution < 1.29 is 9.84 Å². The average Bonchev–Trinajstić information content (AvgIpc) is 2.89. The van der Waals surface area contributed by atoms with Crippen molar-refractivity contribution in [1.82, 2.24) is 9.88 Å². The van der Waals surface area contributed by atoms with Crippen molar-refractivity contribution in [3.8, 4) is 0 Å². The molecule has 3 atom stereocenters. The predicted molar refractivity (Wildman–Crippen MR) is 82.2 cm³/mol. The first-order valence-electron chi connectivity index (χ1n) is 7.70. The van der Waals surface area contributed by atoms with Gasteiger partial charge in [-0.15, -0.1) is 0 Å². The highest BCUT2D eigenvalue weighted by Gasteiger charge is 2.43. The molecule has 3 rings (SSSR count). The molecule has 2 fully saturated rings. The van der Waals surface area contributed by atoms with Crippen LogP contribution in [0.5, 0.6) is 0 Å². The summed E-state index contributed by atoms with van der Waals surface area (Å²) in [5.41, 5.74) is 0.475. The molecule has 0 aliphatic carbocycles. The van der Waals surface area contributed by atoms with Crippen molar-refractivity contribution in [2.45, 2.75) is 44.4 Å². The van der Waals surface area contributed by atoms with Crippen LogP contribution < -0.4 is 0 Å². The van der Waals surface area contributed by atoms with Gasteiger partial charge in [0.25, 0.3) is 0 Å². The quantitative estimate of drug-likeness (QED) is 0.931. The second kappa shape index (κ2) is 6.21. The fraction of sp³-hybridized carbons (Fsp3) is 0.688. The maximum absolute atomic E-state index is 10.7. The number of nitrogens with zero attached hydrogens (tertiary/aromatic N) is 2. The number of rotatable bonds is 3. The Kier molecular flexibility index (Phi) is 4.50.